The number of nitrogens with one attached hydrogen (secondary N) is 1. The standard InChI is InChI=1S/C21H23F2N5O4/c1-11(20(24)30)25-12-3-4-13-16(7-12)32-6-5-27-9-18(26-21(13)27)28-14(19(22)23)8-17(31-2)15(28)10-29/h3-4,7,9,11,14,17,19,25H,5-6,8H2,1-2H3,(H2,24,30)/t11-,14-,17-/m0/s1. The van der Waals surface area contributed by atoms with Gasteiger partial charge in [0.2, 0.25) is 5.91 Å². The number of nitrogens with two attached hydrogens (primary N) is 1. The van der Waals surface area contributed by atoms with Crippen LogP contribution in [0.25, 0.3) is 11.4 Å². The van der Waals surface area contributed by atoms with Gasteiger partial charge < -0.3 is 30.0 Å². The summed E-state index contributed by atoms with van der Waals surface area (Å²) in [6, 6.07) is 3.43. The minimum Gasteiger partial charge on any atom is -0.491 e. The summed E-state index contributed by atoms with van der Waals surface area (Å²) in [5, 5.41) is 3.00. The molecule has 4 rings (SSSR count). The Bertz CT molecular complexity index is 1080. The molecule has 0 unspecified atom stereocenters. The summed E-state index contributed by atoms with van der Waals surface area (Å²) in [6.07, 6.45) is -1.88. The third-order valence-electron chi connectivity index (χ3n) is 5.66. The highest BCUT2D eigenvalue weighted by Crippen LogP contribution is 2.40. The number of carbonyl (C=O) groups excluding carboxylic acids is 2. The molecule has 1 aromatic heterocycles. The first kappa shape index (κ1) is 21.8. The lowest BCUT2D eigenvalue weighted by Gasteiger charge is -2.23. The van der Waals surface area contributed by atoms with Gasteiger partial charge in [-0.15, -0.1) is 0 Å². The van der Waals surface area contributed by atoms with E-state index in [9.17, 15) is 18.4 Å². The molecule has 1 amide bonds. The fourth-order valence-electron chi connectivity index (χ4n) is 4.00. The first-order chi connectivity index (χ1) is 15.3. The number of methoxy groups -OCH3 is 1. The van der Waals surface area contributed by atoms with Crippen LogP contribution in [0.15, 0.2) is 30.1 Å². The van der Waals surface area contributed by atoms with Gasteiger partial charge in [0.25, 0.3) is 6.43 Å². The Kier molecular flexibility index (Phi) is 5.86. The number of fused-ring (bicyclic) bond motifs is 3. The molecule has 3 atom stereocenters. The number of nitrogens with zero attached hydrogens (tertiary/aromatic N) is 3. The molecule has 9 nitrogen and oxygen atoms in total. The second kappa shape index (κ2) is 8.60. The highest BCUT2D eigenvalue weighted by atomic mass is 19.3. The SMILES string of the molecule is CO[C@H]1C[C@@H](C(F)F)N(c2cn3c(n2)-c2ccc(N[C@@H](C)C(N)=O)cc2OCC3)C1=C=O. The number of halogens is 2. The third-order valence-corrected chi connectivity index (χ3v) is 5.66. The average Bonchev–Trinajstić information content (AvgIpc) is 3.30. The molecule has 3 heterocycles. The normalized spacial score (nSPS) is 20.8. The summed E-state index contributed by atoms with van der Waals surface area (Å²) < 4.78 is 40.4. The highest BCUT2D eigenvalue weighted by molar-refractivity contribution is 5.83. The van der Waals surface area contributed by atoms with Gasteiger partial charge in [-0.2, -0.15) is 0 Å². The van der Waals surface area contributed by atoms with Crippen molar-refractivity contribution >= 4 is 23.4 Å². The zero-order valence-corrected chi connectivity index (χ0v) is 17.5. The summed E-state index contributed by atoms with van der Waals surface area (Å²) in [5.41, 5.74) is 6.60. The van der Waals surface area contributed by atoms with Gasteiger partial charge in [-0.25, -0.2) is 18.6 Å². The molecular weight excluding hydrogens is 424 g/mol. The molecule has 1 aromatic carbocycles. The minimum absolute atomic E-state index is 0.00233. The lowest BCUT2D eigenvalue weighted by Crippen LogP contribution is -2.34. The Morgan fingerprint density at radius 3 is 2.88 bits per heavy atom. The van der Waals surface area contributed by atoms with Crippen LogP contribution in [0.2, 0.25) is 0 Å². The first-order valence-electron chi connectivity index (χ1n) is 10.1. The van der Waals surface area contributed by atoms with E-state index in [1.165, 1.54) is 12.0 Å². The number of ether oxygens (including phenoxy) is 2. The zero-order valence-electron chi connectivity index (χ0n) is 17.5. The number of amides is 1. The highest BCUT2D eigenvalue weighted by Gasteiger charge is 2.44. The summed E-state index contributed by atoms with van der Waals surface area (Å²) in [6.45, 7) is 2.40. The Hall–Kier alpha value is -3.43. The summed E-state index contributed by atoms with van der Waals surface area (Å²) in [4.78, 5) is 28.7. The lowest BCUT2D eigenvalue weighted by atomic mass is 10.1. The van der Waals surface area contributed by atoms with Gasteiger partial charge in [-0.05, 0) is 19.1 Å². The summed E-state index contributed by atoms with van der Waals surface area (Å²) in [5.74, 6) is 2.53. The number of alkyl halides is 2. The number of aromatic nitrogens is 2. The number of hydrogen-bond donors (Lipinski definition) is 2. The number of anilines is 2. The van der Waals surface area contributed by atoms with E-state index >= 15 is 0 Å². The predicted molar refractivity (Wildman–Crippen MR) is 112 cm³/mol. The molecule has 11 heteroatoms. The molecular formula is C21H23F2N5O4. The fraction of sp³-hybridized carbons (Fsp3) is 0.429. The molecule has 0 saturated carbocycles. The number of rotatable bonds is 6. The molecule has 2 aliphatic heterocycles. The van der Waals surface area contributed by atoms with Crippen molar-refractivity contribution in [1.82, 2.24) is 9.55 Å². The smallest absolute Gasteiger partial charge is 0.259 e. The predicted octanol–water partition coefficient (Wildman–Crippen LogP) is 1.80. The second-order valence-electron chi connectivity index (χ2n) is 7.66. The molecule has 2 aliphatic rings. The lowest BCUT2D eigenvalue weighted by molar-refractivity contribution is -0.118. The maximum Gasteiger partial charge on any atom is 0.259 e. The van der Waals surface area contributed by atoms with Gasteiger partial charge in [0.1, 0.15) is 42.0 Å². The molecule has 0 radical (unpaired) electrons. The van der Waals surface area contributed by atoms with E-state index in [0.717, 1.165) is 0 Å². The van der Waals surface area contributed by atoms with Crippen molar-refractivity contribution in [2.45, 2.75) is 44.5 Å². The largest absolute Gasteiger partial charge is 0.491 e. The summed E-state index contributed by atoms with van der Waals surface area (Å²) in [7, 11) is 1.37. The molecule has 170 valence electrons. The third kappa shape index (κ3) is 3.80. The molecule has 32 heavy (non-hydrogen) atoms. The number of hydrogen-bond acceptors (Lipinski definition) is 7. The van der Waals surface area contributed by atoms with E-state index < -0.39 is 30.5 Å². The van der Waals surface area contributed by atoms with Gasteiger partial charge >= 0.3 is 0 Å². The van der Waals surface area contributed by atoms with Gasteiger partial charge in [0.15, 0.2) is 5.82 Å². The van der Waals surface area contributed by atoms with Crippen LogP contribution in [-0.2, 0) is 20.9 Å². The van der Waals surface area contributed by atoms with Crippen molar-refractivity contribution < 1.29 is 27.8 Å². The van der Waals surface area contributed by atoms with Crippen LogP contribution in [0.1, 0.15) is 13.3 Å². The van der Waals surface area contributed by atoms with Crippen LogP contribution >= 0.6 is 0 Å². The van der Waals surface area contributed by atoms with Crippen molar-refractivity contribution in [3.63, 3.8) is 0 Å². The minimum atomic E-state index is -2.70. The van der Waals surface area contributed by atoms with Crippen LogP contribution in [0.3, 0.4) is 0 Å². The Balaban J connectivity index is 1.72. The van der Waals surface area contributed by atoms with Crippen molar-refractivity contribution in [2.75, 3.05) is 23.9 Å². The molecule has 0 spiro atoms. The molecule has 1 fully saturated rings. The topological polar surface area (TPSA) is 112 Å². The average molecular weight is 447 g/mol. The van der Waals surface area contributed by atoms with Crippen LogP contribution in [-0.4, -0.2) is 59.7 Å². The van der Waals surface area contributed by atoms with Gasteiger partial charge in [-0.1, -0.05) is 0 Å². The van der Waals surface area contributed by atoms with Crippen LogP contribution in [0, 0.1) is 0 Å². The second-order valence-corrected chi connectivity index (χ2v) is 7.66. The van der Waals surface area contributed by atoms with Crippen molar-refractivity contribution in [3.8, 4) is 17.1 Å². The van der Waals surface area contributed by atoms with E-state index in [0.29, 0.717) is 36.0 Å². The number of primary amides is 1. The van der Waals surface area contributed by atoms with Gasteiger partial charge in [0, 0.05) is 31.5 Å². The Morgan fingerprint density at radius 1 is 1.44 bits per heavy atom. The maximum atomic E-state index is 13.8. The van der Waals surface area contributed by atoms with Crippen molar-refractivity contribution in [3.05, 3.63) is 30.1 Å². The van der Waals surface area contributed by atoms with Crippen LogP contribution in [0.4, 0.5) is 20.3 Å². The number of carbonyl (C=O) groups is 1. The molecule has 1 saturated heterocycles. The molecule has 2 aromatic rings. The molecule has 3 N–H and O–H groups in total. The molecule has 0 bridgehead atoms. The summed E-state index contributed by atoms with van der Waals surface area (Å²) >= 11 is 0. The Morgan fingerprint density at radius 2 is 2.22 bits per heavy atom. The Labute approximate surface area is 182 Å². The van der Waals surface area contributed by atoms with Gasteiger partial charge in [0.05, 0.1) is 18.2 Å². The van der Waals surface area contributed by atoms with Gasteiger partial charge in [-0.3, -0.25) is 4.79 Å². The zero-order chi connectivity index (χ0) is 23.0. The molecule has 0 aliphatic carbocycles. The van der Waals surface area contributed by atoms with E-state index in [1.807, 2.05) is 0 Å². The van der Waals surface area contributed by atoms with Crippen LogP contribution < -0.4 is 20.7 Å². The quantitative estimate of drug-likeness (QED) is 0.650. The van der Waals surface area contributed by atoms with E-state index in [-0.39, 0.29) is 17.9 Å². The van der Waals surface area contributed by atoms with Crippen molar-refractivity contribution in [2.24, 2.45) is 5.73 Å². The van der Waals surface area contributed by atoms with E-state index in [2.05, 4.69) is 10.3 Å². The van der Waals surface area contributed by atoms with E-state index in [1.54, 1.807) is 41.8 Å². The monoisotopic (exact) mass is 447 g/mol. The fourth-order valence-corrected chi connectivity index (χ4v) is 4.00. The van der Waals surface area contributed by atoms with Crippen molar-refractivity contribution in [1.29, 1.82) is 0 Å². The van der Waals surface area contributed by atoms with E-state index in [4.69, 9.17) is 15.2 Å². The number of benzene rings is 1. The number of imidazole rings is 1. The van der Waals surface area contributed by atoms with Crippen LogP contribution in [0.5, 0.6) is 5.75 Å². The first-order valence-corrected chi connectivity index (χ1v) is 10.1. The maximum absolute atomic E-state index is 13.8.